The SMILES string of the molecule is C=CC(=O)Nc1ccc2c(c1)nc(N1CCC[C@@H](Nc3ncc(C(F)(F)F)cn3)C1)n2C. The van der Waals surface area contributed by atoms with Gasteiger partial charge in [0.25, 0.3) is 0 Å². The molecule has 0 spiro atoms. The minimum absolute atomic E-state index is 0.0391. The highest BCUT2D eigenvalue weighted by molar-refractivity contribution is 6.00. The van der Waals surface area contributed by atoms with Crippen LogP contribution in [0.3, 0.4) is 0 Å². The van der Waals surface area contributed by atoms with Gasteiger partial charge in [0, 0.05) is 44.3 Å². The van der Waals surface area contributed by atoms with Gasteiger partial charge in [0.15, 0.2) is 0 Å². The van der Waals surface area contributed by atoms with E-state index in [1.165, 1.54) is 6.08 Å². The molecule has 3 aromatic rings. The first kappa shape index (κ1) is 21.6. The summed E-state index contributed by atoms with van der Waals surface area (Å²) in [4.78, 5) is 26.0. The Morgan fingerprint density at radius 1 is 1.28 bits per heavy atom. The van der Waals surface area contributed by atoms with Gasteiger partial charge in [0.05, 0.1) is 16.6 Å². The van der Waals surface area contributed by atoms with E-state index in [-0.39, 0.29) is 17.9 Å². The first-order valence-electron chi connectivity index (χ1n) is 10.0. The zero-order valence-corrected chi connectivity index (χ0v) is 17.4. The molecule has 0 radical (unpaired) electrons. The van der Waals surface area contributed by atoms with E-state index >= 15 is 0 Å². The molecule has 1 atom stereocenters. The first-order valence-corrected chi connectivity index (χ1v) is 10.0. The summed E-state index contributed by atoms with van der Waals surface area (Å²) >= 11 is 0. The van der Waals surface area contributed by atoms with Crippen LogP contribution < -0.4 is 15.5 Å². The fraction of sp³-hybridized carbons (Fsp3) is 0.333. The summed E-state index contributed by atoms with van der Waals surface area (Å²) in [6.07, 6.45) is 0.0169. The molecule has 0 saturated carbocycles. The van der Waals surface area contributed by atoms with Crippen LogP contribution in [0.1, 0.15) is 18.4 Å². The minimum atomic E-state index is -4.46. The molecular weight excluding hydrogens is 423 g/mol. The van der Waals surface area contributed by atoms with Crippen molar-refractivity contribution in [2.75, 3.05) is 28.6 Å². The van der Waals surface area contributed by atoms with Crippen LogP contribution in [0.5, 0.6) is 0 Å². The molecule has 0 unspecified atom stereocenters. The van der Waals surface area contributed by atoms with E-state index in [0.717, 1.165) is 48.8 Å². The number of rotatable bonds is 5. The summed E-state index contributed by atoms with van der Waals surface area (Å²) in [5, 5.41) is 5.85. The van der Waals surface area contributed by atoms with Crippen molar-refractivity contribution in [1.29, 1.82) is 0 Å². The molecule has 168 valence electrons. The molecule has 1 saturated heterocycles. The average molecular weight is 445 g/mol. The Morgan fingerprint density at radius 2 is 2.03 bits per heavy atom. The molecule has 1 fully saturated rings. The van der Waals surface area contributed by atoms with Crippen LogP contribution in [0.2, 0.25) is 0 Å². The van der Waals surface area contributed by atoms with Gasteiger partial charge in [-0.1, -0.05) is 6.58 Å². The van der Waals surface area contributed by atoms with Crippen molar-refractivity contribution in [3.63, 3.8) is 0 Å². The van der Waals surface area contributed by atoms with Crippen LogP contribution in [0.15, 0.2) is 43.2 Å². The maximum atomic E-state index is 12.7. The van der Waals surface area contributed by atoms with E-state index in [1.807, 2.05) is 17.7 Å². The summed E-state index contributed by atoms with van der Waals surface area (Å²) in [5.41, 5.74) is 1.41. The first-order chi connectivity index (χ1) is 15.2. The Hall–Kier alpha value is -3.63. The number of halogens is 3. The summed E-state index contributed by atoms with van der Waals surface area (Å²) in [6, 6.07) is 5.45. The molecule has 2 aromatic heterocycles. The van der Waals surface area contributed by atoms with Crippen molar-refractivity contribution in [3.05, 3.63) is 48.8 Å². The van der Waals surface area contributed by atoms with Crippen molar-refractivity contribution in [1.82, 2.24) is 19.5 Å². The maximum absolute atomic E-state index is 12.7. The van der Waals surface area contributed by atoms with Crippen LogP contribution >= 0.6 is 0 Å². The smallest absolute Gasteiger partial charge is 0.350 e. The predicted molar refractivity (Wildman–Crippen MR) is 115 cm³/mol. The van der Waals surface area contributed by atoms with Crippen LogP contribution in [0, 0.1) is 0 Å². The molecule has 8 nitrogen and oxygen atoms in total. The molecule has 3 heterocycles. The summed E-state index contributed by atoms with van der Waals surface area (Å²) < 4.78 is 40.1. The van der Waals surface area contributed by atoms with Gasteiger partial charge in [-0.2, -0.15) is 13.2 Å². The van der Waals surface area contributed by atoms with Crippen molar-refractivity contribution < 1.29 is 18.0 Å². The summed E-state index contributed by atoms with van der Waals surface area (Å²) in [7, 11) is 1.92. The zero-order chi connectivity index (χ0) is 22.9. The second-order valence-corrected chi connectivity index (χ2v) is 7.59. The maximum Gasteiger partial charge on any atom is 0.419 e. The highest BCUT2D eigenvalue weighted by atomic mass is 19.4. The lowest BCUT2D eigenvalue weighted by Gasteiger charge is -2.33. The Morgan fingerprint density at radius 3 is 2.72 bits per heavy atom. The van der Waals surface area contributed by atoms with Gasteiger partial charge in [-0.15, -0.1) is 0 Å². The molecule has 32 heavy (non-hydrogen) atoms. The molecule has 1 aliphatic heterocycles. The normalized spacial score (nSPS) is 16.8. The number of anilines is 3. The molecular formula is C21H22F3N7O. The molecule has 1 aliphatic rings. The van der Waals surface area contributed by atoms with Gasteiger partial charge in [0.2, 0.25) is 17.8 Å². The van der Waals surface area contributed by atoms with E-state index in [4.69, 9.17) is 4.98 Å². The van der Waals surface area contributed by atoms with Crippen LogP contribution in [-0.2, 0) is 18.0 Å². The molecule has 1 aromatic carbocycles. The number of hydrogen-bond acceptors (Lipinski definition) is 6. The molecule has 1 amide bonds. The molecule has 0 bridgehead atoms. The number of nitrogens with zero attached hydrogens (tertiary/aromatic N) is 5. The number of fused-ring (bicyclic) bond motifs is 1. The topological polar surface area (TPSA) is 88.0 Å². The van der Waals surface area contributed by atoms with Gasteiger partial charge in [-0.05, 0) is 37.1 Å². The third-order valence-corrected chi connectivity index (χ3v) is 5.33. The number of aryl methyl sites for hydroxylation is 1. The largest absolute Gasteiger partial charge is 0.419 e. The number of aromatic nitrogens is 4. The number of amides is 1. The fourth-order valence-corrected chi connectivity index (χ4v) is 3.75. The number of carbonyl (C=O) groups excluding carboxylic acids is 1. The summed E-state index contributed by atoms with van der Waals surface area (Å²) in [5.74, 6) is 0.639. The standard InChI is InChI=1S/C21H22F3N7O/c1-3-18(32)27-14-6-7-17-16(9-14)29-20(30(17)2)31-8-4-5-15(12-31)28-19-25-10-13(11-26-19)21(22,23)24/h3,6-7,9-11,15H,1,4-5,8,12H2,2H3,(H,27,32)(H,25,26,28)/t15-/m1/s1. The second-order valence-electron chi connectivity index (χ2n) is 7.59. The van der Waals surface area contributed by atoms with E-state index in [9.17, 15) is 18.0 Å². The van der Waals surface area contributed by atoms with E-state index in [2.05, 4.69) is 32.1 Å². The highest BCUT2D eigenvalue weighted by Crippen LogP contribution is 2.29. The highest BCUT2D eigenvalue weighted by Gasteiger charge is 2.31. The lowest BCUT2D eigenvalue weighted by molar-refractivity contribution is -0.138. The lowest BCUT2D eigenvalue weighted by Crippen LogP contribution is -2.43. The van der Waals surface area contributed by atoms with Gasteiger partial charge >= 0.3 is 6.18 Å². The number of imidazole rings is 1. The Bertz CT molecular complexity index is 1140. The van der Waals surface area contributed by atoms with E-state index in [0.29, 0.717) is 12.2 Å². The zero-order valence-electron chi connectivity index (χ0n) is 17.4. The molecule has 4 rings (SSSR count). The van der Waals surface area contributed by atoms with Gasteiger partial charge in [0.1, 0.15) is 0 Å². The number of hydrogen-bond donors (Lipinski definition) is 2. The fourth-order valence-electron chi connectivity index (χ4n) is 3.75. The number of carbonyl (C=O) groups is 1. The van der Waals surface area contributed by atoms with Crippen molar-refractivity contribution in [3.8, 4) is 0 Å². The second kappa shape index (κ2) is 8.48. The number of benzene rings is 1. The third-order valence-electron chi connectivity index (χ3n) is 5.33. The minimum Gasteiger partial charge on any atom is -0.350 e. The molecule has 11 heteroatoms. The number of nitrogens with one attached hydrogen (secondary N) is 2. The van der Waals surface area contributed by atoms with Crippen molar-refractivity contribution >= 4 is 34.5 Å². The van der Waals surface area contributed by atoms with Crippen molar-refractivity contribution in [2.24, 2.45) is 7.05 Å². The van der Waals surface area contributed by atoms with Crippen LogP contribution in [0.25, 0.3) is 11.0 Å². The molecule has 2 N–H and O–H groups in total. The number of alkyl halides is 3. The van der Waals surface area contributed by atoms with E-state index < -0.39 is 11.7 Å². The third kappa shape index (κ3) is 4.51. The lowest BCUT2D eigenvalue weighted by atomic mass is 10.1. The quantitative estimate of drug-likeness (QED) is 0.584. The van der Waals surface area contributed by atoms with Gasteiger partial charge in [-0.25, -0.2) is 15.0 Å². The Balaban J connectivity index is 1.49. The number of piperidine rings is 1. The van der Waals surface area contributed by atoms with E-state index in [1.54, 1.807) is 12.1 Å². The summed E-state index contributed by atoms with van der Waals surface area (Å²) in [6.45, 7) is 4.84. The monoisotopic (exact) mass is 445 g/mol. The Labute approximate surface area is 182 Å². The van der Waals surface area contributed by atoms with Crippen LogP contribution in [0.4, 0.5) is 30.8 Å². The van der Waals surface area contributed by atoms with Crippen molar-refractivity contribution in [2.45, 2.75) is 25.1 Å². The average Bonchev–Trinajstić information content (AvgIpc) is 3.09. The predicted octanol–water partition coefficient (Wildman–Crippen LogP) is 3.59. The van der Waals surface area contributed by atoms with Crippen LogP contribution in [-0.4, -0.2) is 44.6 Å². The molecule has 0 aliphatic carbocycles. The Kier molecular flexibility index (Phi) is 5.72. The van der Waals surface area contributed by atoms with Gasteiger partial charge in [-0.3, -0.25) is 4.79 Å². The van der Waals surface area contributed by atoms with Gasteiger partial charge < -0.3 is 20.1 Å².